The summed E-state index contributed by atoms with van der Waals surface area (Å²) >= 11 is 1.18. The highest BCUT2D eigenvalue weighted by molar-refractivity contribution is 7.10. The van der Waals surface area contributed by atoms with Crippen LogP contribution in [0.4, 0.5) is 5.00 Å². The van der Waals surface area contributed by atoms with Crippen molar-refractivity contribution in [3.8, 4) is 11.3 Å². The smallest absolute Gasteiger partial charge is 0.239 e. The Morgan fingerprint density at radius 3 is 2.82 bits per heavy atom. The largest absolute Gasteiger partial charge is 0.313 e. The van der Waals surface area contributed by atoms with Gasteiger partial charge in [0.1, 0.15) is 10.7 Å². The third-order valence-electron chi connectivity index (χ3n) is 2.13. The van der Waals surface area contributed by atoms with Crippen LogP contribution in [0, 0.1) is 0 Å². The summed E-state index contributed by atoms with van der Waals surface area (Å²) in [6.45, 7) is 0.270. The molecule has 1 heterocycles. The molecule has 0 saturated heterocycles. The number of carbonyl (C=O) groups excluding carboxylic acids is 1. The van der Waals surface area contributed by atoms with Crippen LogP contribution in [0.3, 0.4) is 0 Å². The second kappa shape index (κ2) is 5.51. The Labute approximate surface area is 103 Å². The average Bonchev–Trinajstić information content (AvgIpc) is 2.78. The quantitative estimate of drug-likeness (QED) is 0.857. The molecular weight excluding hydrogens is 236 g/mol. The van der Waals surface area contributed by atoms with Gasteiger partial charge in [-0.15, -0.1) is 5.10 Å². The van der Waals surface area contributed by atoms with Gasteiger partial charge in [-0.3, -0.25) is 4.79 Å². The van der Waals surface area contributed by atoms with Gasteiger partial charge in [-0.2, -0.15) is 0 Å². The van der Waals surface area contributed by atoms with Gasteiger partial charge in [0.2, 0.25) is 5.91 Å². The van der Waals surface area contributed by atoms with Gasteiger partial charge in [0.05, 0.1) is 6.54 Å². The SMILES string of the molecule is CNCC(=O)Nc1snnc1-c1ccccc1. The van der Waals surface area contributed by atoms with Crippen LogP contribution in [-0.2, 0) is 4.79 Å². The molecule has 0 aliphatic rings. The fourth-order valence-corrected chi connectivity index (χ4v) is 2.00. The molecule has 2 rings (SSSR count). The van der Waals surface area contributed by atoms with Gasteiger partial charge in [-0.1, -0.05) is 34.8 Å². The summed E-state index contributed by atoms with van der Waals surface area (Å²) < 4.78 is 3.87. The van der Waals surface area contributed by atoms with Crippen LogP contribution in [0.15, 0.2) is 30.3 Å². The molecule has 88 valence electrons. The van der Waals surface area contributed by atoms with E-state index in [2.05, 4.69) is 20.2 Å². The van der Waals surface area contributed by atoms with E-state index in [4.69, 9.17) is 0 Å². The maximum Gasteiger partial charge on any atom is 0.239 e. The second-order valence-electron chi connectivity index (χ2n) is 3.40. The van der Waals surface area contributed by atoms with Crippen LogP contribution < -0.4 is 10.6 Å². The zero-order chi connectivity index (χ0) is 12.1. The first-order valence-corrected chi connectivity index (χ1v) is 5.91. The molecule has 0 saturated carbocycles. The van der Waals surface area contributed by atoms with Crippen LogP contribution in [0.25, 0.3) is 11.3 Å². The number of nitrogens with one attached hydrogen (secondary N) is 2. The summed E-state index contributed by atoms with van der Waals surface area (Å²) in [5, 5.41) is 10.3. The van der Waals surface area contributed by atoms with Gasteiger partial charge >= 0.3 is 0 Å². The van der Waals surface area contributed by atoms with Crippen molar-refractivity contribution < 1.29 is 4.79 Å². The molecule has 0 spiro atoms. The predicted molar refractivity (Wildman–Crippen MR) is 67.9 cm³/mol. The third kappa shape index (κ3) is 2.86. The highest BCUT2D eigenvalue weighted by Gasteiger charge is 2.12. The van der Waals surface area contributed by atoms with Crippen molar-refractivity contribution in [1.29, 1.82) is 0 Å². The fourth-order valence-electron chi connectivity index (χ4n) is 1.39. The summed E-state index contributed by atoms with van der Waals surface area (Å²) in [4.78, 5) is 11.5. The van der Waals surface area contributed by atoms with E-state index in [1.165, 1.54) is 11.5 Å². The number of likely N-dealkylation sites (N-methyl/N-ethyl adjacent to an activating group) is 1. The summed E-state index contributed by atoms with van der Waals surface area (Å²) in [6.07, 6.45) is 0. The lowest BCUT2D eigenvalue weighted by molar-refractivity contribution is -0.115. The second-order valence-corrected chi connectivity index (χ2v) is 4.15. The lowest BCUT2D eigenvalue weighted by Crippen LogP contribution is -2.24. The first-order valence-electron chi connectivity index (χ1n) is 5.13. The zero-order valence-corrected chi connectivity index (χ0v) is 10.1. The van der Waals surface area contributed by atoms with Gasteiger partial charge in [-0.25, -0.2) is 0 Å². The average molecular weight is 248 g/mol. The van der Waals surface area contributed by atoms with Crippen LogP contribution in [0.1, 0.15) is 0 Å². The molecule has 17 heavy (non-hydrogen) atoms. The van der Waals surface area contributed by atoms with Crippen molar-refractivity contribution in [3.63, 3.8) is 0 Å². The molecule has 0 bridgehead atoms. The van der Waals surface area contributed by atoms with Crippen LogP contribution in [-0.4, -0.2) is 29.1 Å². The van der Waals surface area contributed by atoms with Crippen molar-refractivity contribution in [2.45, 2.75) is 0 Å². The highest BCUT2D eigenvalue weighted by atomic mass is 32.1. The molecule has 1 aromatic carbocycles. The number of rotatable bonds is 4. The minimum atomic E-state index is -0.101. The van der Waals surface area contributed by atoms with E-state index in [9.17, 15) is 4.79 Å². The minimum Gasteiger partial charge on any atom is -0.313 e. The molecule has 0 unspecified atom stereocenters. The molecular formula is C11H12N4OS. The molecule has 2 N–H and O–H groups in total. The predicted octanol–water partition coefficient (Wildman–Crippen LogP) is 1.36. The Balaban J connectivity index is 2.20. The number of amides is 1. The number of benzene rings is 1. The first kappa shape index (κ1) is 11.7. The molecule has 1 aromatic heterocycles. The van der Waals surface area contributed by atoms with E-state index >= 15 is 0 Å². The molecule has 0 atom stereocenters. The van der Waals surface area contributed by atoms with Crippen LogP contribution in [0.5, 0.6) is 0 Å². The van der Waals surface area contributed by atoms with E-state index in [0.717, 1.165) is 5.56 Å². The Morgan fingerprint density at radius 2 is 2.12 bits per heavy atom. The summed E-state index contributed by atoms with van der Waals surface area (Å²) in [5.74, 6) is -0.101. The van der Waals surface area contributed by atoms with Crippen molar-refractivity contribution in [3.05, 3.63) is 30.3 Å². The Hall–Kier alpha value is -1.79. The molecule has 5 nitrogen and oxygen atoms in total. The number of hydrogen-bond acceptors (Lipinski definition) is 5. The summed E-state index contributed by atoms with van der Waals surface area (Å²) in [6, 6.07) is 9.65. The lowest BCUT2D eigenvalue weighted by atomic mass is 10.2. The van der Waals surface area contributed by atoms with E-state index in [1.54, 1.807) is 7.05 Å². The van der Waals surface area contributed by atoms with E-state index in [-0.39, 0.29) is 12.5 Å². The Kier molecular flexibility index (Phi) is 3.79. The summed E-state index contributed by atoms with van der Waals surface area (Å²) in [7, 11) is 1.72. The molecule has 6 heteroatoms. The fraction of sp³-hybridized carbons (Fsp3) is 0.182. The summed E-state index contributed by atoms with van der Waals surface area (Å²) in [5.41, 5.74) is 1.65. The molecule has 0 radical (unpaired) electrons. The van der Waals surface area contributed by atoms with E-state index in [0.29, 0.717) is 10.7 Å². The normalized spacial score (nSPS) is 10.2. The molecule has 0 aliphatic heterocycles. The van der Waals surface area contributed by atoms with Gasteiger partial charge in [0, 0.05) is 17.1 Å². The topological polar surface area (TPSA) is 66.9 Å². The van der Waals surface area contributed by atoms with Crippen molar-refractivity contribution >= 4 is 22.4 Å². The van der Waals surface area contributed by atoms with Crippen LogP contribution in [0.2, 0.25) is 0 Å². The maximum absolute atomic E-state index is 11.5. The molecule has 2 aromatic rings. The number of nitrogens with zero attached hydrogens (tertiary/aromatic N) is 2. The molecule has 0 aliphatic carbocycles. The van der Waals surface area contributed by atoms with Crippen molar-refractivity contribution in [2.24, 2.45) is 0 Å². The van der Waals surface area contributed by atoms with Gasteiger partial charge in [-0.05, 0) is 7.05 Å². The van der Waals surface area contributed by atoms with Crippen molar-refractivity contribution in [2.75, 3.05) is 18.9 Å². The van der Waals surface area contributed by atoms with Crippen molar-refractivity contribution in [1.82, 2.24) is 14.9 Å². The maximum atomic E-state index is 11.5. The Bertz CT molecular complexity index is 497. The highest BCUT2D eigenvalue weighted by Crippen LogP contribution is 2.28. The number of carbonyl (C=O) groups is 1. The number of hydrogen-bond donors (Lipinski definition) is 2. The minimum absolute atomic E-state index is 0.101. The van der Waals surface area contributed by atoms with Crippen LogP contribution >= 0.6 is 11.5 Å². The van der Waals surface area contributed by atoms with Gasteiger partial charge < -0.3 is 10.6 Å². The molecule has 1 amide bonds. The van der Waals surface area contributed by atoms with Gasteiger partial charge in [0.25, 0.3) is 0 Å². The third-order valence-corrected chi connectivity index (χ3v) is 2.77. The lowest BCUT2D eigenvalue weighted by Gasteiger charge is -2.03. The van der Waals surface area contributed by atoms with E-state index in [1.807, 2.05) is 30.3 Å². The molecule has 0 fully saturated rings. The van der Waals surface area contributed by atoms with Gasteiger partial charge in [0.15, 0.2) is 0 Å². The zero-order valence-electron chi connectivity index (χ0n) is 9.30. The first-order chi connectivity index (χ1) is 8.31. The Morgan fingerprint density at radius 1 is 1.35 bits per heavy atom. The number of aromatic nitrogens is 2. The number of anilines is 1. The van der Waals surface area contributed by atoms with E-state index < -0.39 is 0 Å². The standard InChI is InChI=1S/C11H12N4OS/c1-12-7-9(16)13-11-10(14-15-17-11)8-5-3-2-4-6-8/h2-6,12H,7H2,1H3,(H,13,16). The monoisotopic (exact) mass is 248 g/mol.